The molecule has 0 aliphatic heterocycles. The van der Waals surface area contributed by atoms with Crippen LogP contribution in [-0.2, 0) is 23.2 Å². The summed E-state index contributed by atoms with van der Waals surface area (Å²) in [6.45, 7) is 0.530. The minimum Gasteiger partial charge on any atom is -0.497 e. The standard InChI is InChI=1S/C17H17N5O4/c1-22-14-12(8-20-22)15(19-9-13(14)21-16(23)17(24)25)18-7-10-3-5-11(26-2)6-4-10/h3-6,8-9H,7H2,1-2H3,(H,18,19)(H,21,23)(H,24,25). The normalized spacial score (nSPS) is 10.5. The second-order valence-electron chi connectivity index (χ2n) is 5.51. The van der Waals surface area contributed by atoms with Gasteiger partial charge in [-0.05, 0) is 17.7 Å². The van der Waals surface area contributed by atoms with Crippen molar-refractivity contribution >= 4 is 34.3 Å². The van der Waals surface area contributed by atoms with E-state index in [9.17, 15) is 9.59 Å². The lowest BCUT2D eigenvalue weighted by molar-refractivity contribution is -0.147. The molecule has 0 spiro atoms. The van der Waals surface area contributed by atoms with E-state index in [2.05, 4.69) is 20.7 Å². The second kappa shape index (κ2) is 7.09. The zero-order valence-electron chi connectivity index (χ0n) is 14.2. The number of pyridine rings is 1. The zero-order chi connectivity index (χ0) is 18.7. The van der Waals surface area contributed by atoms with E-state index in [0.717, 1.165) is 11.3 Å². The topological polar surface area (TPSA) is 118 Å². The molecule has 3 rings (SSSR count). The number of hydrogen-bond donors (Lipinski definition) is 3. The second-order valence-corrected chi connectivity index (χ2v) is 5.51. The van der Waals surface area contributed by atoms with Crippen molar-refractivity contribution in [3.8, 4) is 5.75 Å². The van der Waals surface area contributed by atoms with Gasteiger partial charge in [0.1, 0.15) is 11.6 Å². The van der Waals surface area contributed by atoms with E-state index in [4.69, 9.17) is 9.84 Å². The summed E-state index contributed by atoms with van der Waals surface area (Å²) in [4.78, 5) is 26.5. The van der Waals surface area contributed by atoms with Crippen molar-refractivity contribution in [2.45, 2.75) is 6.54 Å². The molecule has 3 N–H and O–H groups in total. The first-order valence-corrected chi connectivity index (χ1v) is 7.71. The Hall–Kier alpha value is -3.62. The molecular formula is C17H17N5O4. The summed E-state index contributed by atoms with van der Waals surface area (Å²) in [5.74, 6) is -1.34. The molecule has 1 aromatic carbocycles. The Morgan fingerprint density at radius 3 is 2.62 bits per heavy atom. The predicted molar refractivity (Wildman–Crippen MR) is 95.1 cm³/mol. The van der Waals surface area contributed by atoms with Gasteiger partial charge in [-0.2, -0.15) is 5.10 Å². The lowest BCUT2D eigenvalue weighted by Crippen LogP contribution is -2.22. The van der Waals surface area contributed by atoms with Crippen LogP contribution in [0, 0.1) is 0 Å². The number of carbonyl (C=O) groups is 2. The van der Waals surface area contributed by atoms with Crippen LogP contribution in [-0.4, -0.2) is 38.9 Å². The van der Waals surface area contributed by atoms with Crippen molar-refractivity contribution < 1.29 is 19.4 Å². The number of rotatable bonds is 5. The Kier molecular flexibility index (Phi) is 4.70. The summed E-state index contributed by atoms with van der Waals surface area (Å²) in [5.41, 5.74) is 1.89. The summed E-state index contributed by atoms with van der Waals surface area (Å²) in [6, 6.07) is 7.62. The number of carbonyl (C=O) groups excluding carboxylic acids is 1. The number of fused-ring (bicyclic) bond motifs is 1. The number of nitrogens with one attached hydrogen (secondary N) is 2. The van der Waals surface area contributed by atoms with E-state index in [-0.39, 0.29) is 5.69 Å². The van der Waals surface area contributed by atoms with E-state index in [1.165, 1.54) is 6.20 Å². The number of aromatic nitrogens is 3. The predicted octanol–water partition coefficient (Wildman–Crippen LogP) is 1.61. The Labute approximate surface area is 148 Å². The Balaban J connectivity index is 1.85. The van der Waals surface area contributed by atoms with Crippen LogP contribution in [0.25, 0.3) is 10.9 Å². The van der Waals surface area contributed by atoms with Crippen LogP contribution in [0.2, 0.25) is 0 Å². The maximum atomic E-state index is 11.4. The first kappa shape index (κ1) is 17.2. The molecule has 0 saturated carbocycles. The molecule has 0 fully saturated rings. The SMILES string of the molecule is COc1ccc(CNc2ncc(NC(=O)C(=O)O)c3c2cnn3C)cc1. The van der Waals surface area contributed by atoms with Gasteiger partial charge in [0.05, 0.1) is 36.1 Å². The molecule has 134 valence electrons. The van der Waals surface area contributed by atoms with E-state index in [1.807, 2.05) is 24.3 Å². The van der Waals surface area contributed by atoms with Gasteiger partial charge in [-0.1, -0.05) is 12.1 Å². The number of aliphatic carboxylic acids is 1. The van der Waals surface area contributed by atoms with Crippen LogP contribution in [0.1, 0.15) is 5.56 Å². The molecule has 0 bridgehead atoms. The van der Waals surface area contributed by atoms with Crippen molar-refractivity contribution in [1.82, 2.24) is 14.8 Å². The van der Waals surface area contributed by atoms with Crippen molar-refractivity contribution in [3.05, 3.63) is 42.2 Å². The zero-order valence-corrected chi connectivity index (χ0v) is 14.2. The van der Waals surface area contributed by atoms with Crippen LogP contribution in [0.3, 0.4) is 0 Å². The van der Waals surface area contributed by atoms with Crippen molar-refractivity contribution in [3.63, 3.8) is 0 Å². The lowest BCUT2D eigenvalue weighted by atomic mass is 10.2. The third-order valence-electron chi connectivity index (χ3n) is 3.83. The fraction of sp³-hybridized carbons (Fsp3) is 0.176. The third kappa shape index (κ3) is 3.41. The number of carboxylic acids is 1. The maximum absolute atomic E-state index is 11.4. The molecule has 1 amide bonds. The third-order valence-corrected chi connectivity index (χ3v) is 3.83. The maximum Gasteiger partial charge on any atom is 0.394 e. The molecule has 0 saturated heterocycles. The minimum absolute atomic E-state index is 0.280. The summed E-state index contributed by atoms with van der Waals surface area (Å²) < 4.78 is 6.68. The average Bonchev–Trinajstić information content (AvgIpc) is 3.03. The summed E-state index contributed by atoms with van der Waals surface area (Å²) in [6.07, 6.45) is 3.01. The first-order valence-electron chi connectivity index (χ1n) is 7.71. The number of nitrogens with zero attached hydrogens (tertiary/aromatic N) is 3. The molecule has 3 aromatic rings. The number of carboxylic acid groups (broad SMARTS) is 1. The summed E-state index contributed by atoms with van der Waals surface area (Å²) >= 11 is 0. The van der Waals surface area contributed by atoms with Crippen LogP contribution in [0.5, 0.6) is 5.75 Å². The first-order chi connectivity index (χ1) is 12.5. The fourth-order valence-corrected chi connectivity index (χ4v) is 2.53. The number of hydrogen-bond acceptors (Lipinski definition) is 6. The van der Waals surface area contributed by atoms with Gasteiger partial charge >= 0.3 is 11.9 Å². The van der Waals surface area contributed by atoms with Gasteiger partial charge in [-0.25, -0.2) is 9.78 Å². The molecule has 0 aliphatic rings. The molecule has 0 radical (unpaired) electrons. The number of methoxy groups -OCH3 is 1. The number of aryl methyl sites for hydroxylation is 1. The highest BCUT2D eigenvalue weighted by atomic mass is 16.5. The highest BCUT2D eigenvalue weighted by Gasteiger charge is 2.17. The van der Waals surface area contributed by atoms with Crippen LogP contribution in [0.4, 0.5) is 11.5 Å². The Morgan fingerprint density at radius 1 is 1.23 bits per heavy atom. The highest BCUT2D eigenvalue weighted by molar-refractivity contribution is 6.37. The Bertz CT molecular complexity index is 965. The smallest absolute Gasteiger partial charge is 0.394 e. The lowest BCUT2D eigenvalue weighted by Gasteiger charge is -2.10. The number of anilines is 2. The van der Waals surface area contributed by atoms with E-state index >= 15 is 0 Å². The summed E-state index contributed by atoms with van der Waals surface area (Å²) in [7, 11) is 3.31. The van der Waals surface area contributed by atoms with Crippen molar-refractivity contribution in [2.75, 3.05) is 17.7 Å². The number of amides is 1. The number of ether oxygens (including phenoxy) is 1. The average molecular weight is 355 g/mol. The van der Waals surface area contributed by atoms with Gasteiger partial charge in [0.25, 0.3) is 0 Å². The van der Waals surface area contributed by atoms with E-state index in [1.54, 1.807) is 25.0 Å². The van der Waals surface area contributed by atoms with Crippen LogP contribution in [0.15, 0.2) is 36.7 Å². The molecular weight excluding hydrogens is 338 g/mol. The molecule has 26 heavy (non-hydrogen) atoms. The monoisotopic (exact) mass is 355 g/mol. The molecule has 9 heteroatoms. The van der Waals surface area contributed by atoms with Crippen molar-refractivity contribution in [1.29, 1.82) is 0 Å². The van der Waals surface area contributed by atoms with E-state index in [0.29, 0.717) is 23.3 Å². The fourth-order valence-electron chi connectivity index (χ4n) is 2.53. The van der Waals surface area contributed by atoms with Crippen molar-refractivity contribution in [2.24, 2.45) is 7.05 Å². The van der Waals surface area contributed by atoms with Gasteiger partial charge in [0.2, 0.25) is 0 Å². The van der Waals surface area contributed by atoms with Gasteiger partial charge < -0.3 is 20.5 Å². The quantitative estimate of drug-likeness (QED) is 0.595. The minimum atomic E-state index is -1.57. The van der Waals surface area contributed by atoms with Gasteiger partial charge in [0.15, 0.2) is 0 Å². The Morgan fingerprint density at radius 2 is 1.96 bits per heavy atom. The van der Waals surface area contributed by atoms with Crippen LogP contribution < -0.4 is 15.4 Å². The van der Waals surface area contributed by atoms with Gasteiger partial charge in [-0.15, -0.1) is 0 Å². The molecule has 0 unspecified atom stereocenters. The molecule has 2 aromatic heterocycles. The number of benzene rings is 1. The molecule has 2 heterocycles. The van der Waals surface area contributed by atoms with Gasteiger partial charge in [-0.3, -0.25) is 9.48 Å². The van der Waals surface area contributed by atoms with Crippen LogP contribution >= 0.6 is 0 Å². The molecule has 0 aliphatic carbocycles. The molecule has 9 nitrogen and oxygen atoms in total. The molecule has 0 atom stereocenters. The van der Waals surface area contributed by atoms with E-state index < -0.39 is 11.9 Å². The largest absolute Gasteiger partial charge is 0.497 e. The highest BCUT2D eigenvalue weighted by Crippen LogP contribution is 2.27. The van der Waals surface area contributed by atoms with Gasteiger partial charge in [0, 0.05) is 13.6 Å². The summed E-state index contributed by atoms with van der Waals surface area (Å²) in [5, 5.41) is 19.1.